The molecule has 0 unspecified atom stereocenters. The van der Waals surface area contributed by atoms with E-state index in [0.29, 0.717) is 0 Å². The van der Waals surface area contributed by atoms with Gasteiger partial charge in [-0.25, -0.2) is 4.98 Å². The minimum atomic E-state index is -0.657. The van der Waals surface area contributed by atoms with Crippen molar-refractivity contribution in [3.63, 3.8) is 0 Å². The molecule has 3 rings (SSSR count). The Kier molecular flexibility index (Phi) is 2.50. The fourth-order valence-corrected chi connectivity index (χ4v) is 1.82. The zero-order chi connectivity index (χ0) is 14.3. The summed E-state index contributed by atoms with van der Waals surface area (Å²) in [6, 6.07) is 3.56. The minimum Gasteiger partial charge on any atom is -0.508 e. The van der Waals surface area contributed by atoms with Crippen LogP contribution in [0.15, 0.2) is 35.5 Å². The minimum absolute atomic E-state index is 0.0603. The van der Waals surface area contributed by atoms with E-state index in [1.807, 2.05) is 0 Å². The van der Waals surface area contributed by atoms with Gasteiger partial charge in [0.25, 0.3) is 11.5 Å². The number of carbonyl (C=O) groups is 1. The molecule has 20 heavy (non-hydrogen) atoms. The first kappa shape index (κ1) is 11.9. The Morgan fingerprint density at radius 3 is 2.85 bits per heavy atom. The third-order valence-electron chi connectivity index (χ3n) is 2.78. The molecule has 0 atom stereocenters. The van der Waals surface area contributed by atoms with Gasteiger partial charge in [-0.15, -0.1) is 0 Å². The number of phenolic OH excluding ortho intramolecular Hbond substituents is 2. The molecular formula is C12H8N4O4. The Balaban J connectivity index is 2.18. The number of aromatic amines is 1. The van der Waals surface area contributed by atoms with E-state index in [1.165, 1.54) is 18.3 Å². The number of carbonyl (C=O) groups excluding carboxylic acids is 1. The lowest BCUT2D eigenvalue weighted by atomic mass is 10.2. The van der Waals surface area contributed by atoms with Crippen LogP contribution in [-0.4, -0.2) is 35.9 Å². The van der Waals surface area contributed by atoms with Crippen molar-refractivity contribution < 1.29 is 15.0 Å². The van der Waals surface area contributed by atoms with Crippen molar-refractivity contribution in [2.45, 2.75) is 0 Å². The van der Waals surface area contributed by atoms with Crippen molar-refractivity contribution in [1.82, 2.24) is 19.7 Å². The Morgan fingerprint density at radius 1 is 1.30 bits per heavy atom. The van der Waals surface area contributed by atoms with E-state index in [4.69, 9.17) is 0 Å². The average molecular weight is 272 g/mol. The van der Waals surface area contributed by atoms with Gasteiger partial charge in [-0.2, -0.15) is 9.78 Å². The highest BCUT2D eigenvalue weighted by Gasteiger charge is 2.18. The summed E-state index contributed by atoms with van der Waals surface area (Å²) in [6.45, 7) is 0. The Bertz CT molecular complexity index is 881. The van der Waals surface area contributed by atoms with Gasteiger partial charge >= 0.3 is 0 Å². The van der Waals surface area contributed by atoms with Crippen LogP contribution in [0, 0.1) is 0 Å². The average Bonchev–Trinajstić information content (AvgIpc) is 2.83. The maximum absolute atomic E-state index is 12.3. The molecule has 1 aromatic carbocycles. The van der Waals surface area contributed by atoms with Crippen LogP contribution in [0.4, 0.5) is 0 Å². The third kappa shape index (κ3) is 1.70. The van der Waals surface area contributed by atoms with E-state index in [1.54, 1.807) is 0 Å². The van der Waals surface area contributed by atoms with Crippen LogP contribution in [0.5, 0.6) is 11.5 Å². The van der Waals surface area contributed by atoms with E-state index in [2.05, 4.69) is 15.1 Å². The highest BCUT2D eigenvalue weighted by atomic mass is 16.3. The molecule has 0 spiro atoms. The number of phenols is 2. The van der Waals surface area contributed by atoms with E-state index in [9.17, 15) is 19.8 Å². The van der Waals surface area contributed by atoms with Crippen molar-refractivity contribution >= 4 is 16.9 Å². The molecule has 2 heterocycles. The van der Waals surface area contributed by atoms with Crippen LogP contribution in [0.2, 0.25) is 0 Å². The number of hydrogen-bond donors (Lipinski definition) is 3. The van der Waals surface area contributed by atoms with Gasteiger partial charge in [-0.3, -0.25) is 9.59 Å². The number of rotatable bonds is 1. The fourth-order valence-electron chi connectivity index (χ4n) is 1.82. The molecule has 0 radical (unpaired) electrons. The summed E-state index contributed by atoms with van der Waals surface area (Å²) in [5.74, 6) is -1.21. The van der Waals surface area contributed by atoms with Gasteiger partial charge in [0.1, 0.15) is 16.9 Å². The summed E-state index contributed by atoms with van der Waals surface area (Å²) in [5.41, 5.74) is -0.384. The summed E-state index contributed by atoms with van der Waals surface area (Å²) < 4.78 is 0.913. The molecule has 100 valence electrons. The molecule has 8 nitrogen and oxygen atoms in total. The first-order valence-electron chi connectivity index (χ1n) is 5.56. The third-order valence-corrected chi connectivity index (χ3v) is 2.78. The predicted octanol–water partition coefficient (Wildman–Crippen LogP) is 0.219. The lowest BCUT2D eigenvalue weighted by molar-refractivity contribution is 0.0947. The fraction of sp³-hybridized carbons (Fsp3) is 0. The standard InChI is InChI=1S/C12H8N4O4/c17-6-1-2-7(9(18)3-6)12(20)16-10-8(4-15-16)11(19)14-5-13-10/h1-5,17-18H,(H,13,14,19). The van der Waals surface area contributed by atoms with E-state index in [-0.39, 0.29) is 28.1 Å². The monoisotopic (exact) mass is 272 g/mol. The number of aromatic hydroxyl groups is 2. The molecule has 0 fully saturated rings. The first-order valence-corrected chi connectivity index (χ1v) is 5.56. The summed E-state index contributed by atoms with van der Waals surface area (Å²) in [7, 11) is 0. The Morgan fingerprint density at radius 2 is 2.10 bits per heavy atom. The number of benzene rings is 1. The van der Waals surface area contributed by atoms with Crippen LogP contribution in [0.25, 0.3) is 11.0 Å². The quantitative estimate of drug-likeness (QED) is 0.582. The number of H-pyrrole nitrogens is 1. The second-order valence-electron chi connectivity index (χ2n) is 4.03. The van der Waals surface area contributed by atoms with Crippen molar-refractivity contribution in [2.24, 2.45) is 0 Å². The molecular weight excluding hydrogens is 264 g/mol. The first-order chi connectivity index (χ1) is 9.58. The van der Waals surface area contributed by atoms with Gasteiger partial charge in [0.2, 0.25) is 0 Å². The number of hydrogen-bond acceptors (Lipinski definition) is 6. The molecule has 8 heteroatoms. The number of nitrogens with zero attached hydrogens (tertiary/aromatic N) is 3. The second-order valence-corrected chi connectivity index (χ2v) is 4.03. The lowest BCUT2D eigenvalue weighted by Crippen LogP contribution is -2.15. The number of nitrogens with one attached hydrogen (secondary N) is 1. The van der Waals surface area contributed by atoms with Crippen LogP contribution < -0.4 is 5.56 Å². The normalized spacial score (nSPS) is 10.8. The molecule has 0 aliphatic heterocycles. The highest BCUT2D eigenvalue weighted by molar-refractivity contribution is 6.01. The van der Waals surface area contributed by atoms with Gasteiger partial charge < -0.3 is 15.2 Å². The largest absolute Gasteiger partial charge is 0.508 e. The Hall–Kier alpha value is -3.16. The maximum atomic E-state index is 12.3. The van der Waals surface area contributed by atoms with E-state index >= 15 is 0 Å². The molecule has 0 aliphatic carbocycles. The zero-order valence-corrected chi connectivity index (χ0v) is 9.94. The molecule has 0 aliphatic rings. The van der Waals surface area contributed by atoms with Gasteiger partial charge in [0, 0.05) is 6.07 Å². The molecule has 0 bridgehead atoms. The second kappa shape index (κ2) is 4.19. The topological polar surface area (TPSA) is 121 Å². The highest BCUT2D eigenvalue weighted by Crippen LogP contribution is 2.23. The van der Waals surface area contributed by atoms with Crippen molar-refractivity contribution in [1.29, 1.82) is 0 Å². The van der Waals surface area contributed by atoms with E-state index in [0.717, 1.165) is 17.1 Å². The smallest absolute Gasteiger partial charge is 0.283 e. The van der Waals surface area contributed by atoms with Crippen molar-refractivity contribution in [3.05, 3.63) is 46.6 Å². The number of fused-ring (bicyclic) bond motifs is 1. The van der Waals surface area contributed by atoms with Crippen molar-refractivity contribution in [2.75, 3.05) is 0 Å². The molecule has 2 aromatic heterocycles. The van der Waals surface area contributed by atoms with Gasteiger partial charge in [0.05, 0.1) is 18.1 Å². The van der Waals surface area contributed by atoms with Gasteiger partial charge in [-0.1, -0.05) is 0 Å². The lowest BCUT2D eigenvalue weighted by Gasteiger charge is -2.04. The molecule has 3 aromatic rings. The summed E-state index contributed by atoms with van der Waals surface area (Å²) in [4.78, 5) is 30.1. The van der Waals surface area contributed by atoms with Gasteiger partial charge in [0.15, 0.2) is 5.65 Å². The SMILES string of the molecule is O=C(c1ccc(O)cc1O)n1ncc2c(=O)[nH]cnc21. The maximum Gasteiger partial charge on any atom is 0.283 e. The predicted molar refractivity (Wildman–Crippen MR) is 67.6 cm³/mol. The molecule has 0 saturated heterocycles. The van der Waals surface area contributed by atoms with Crippen LogP contribution in [0.3, 0.4) is 0 Å². The van der Waals surface area contributed by atoms with Gasteiger partial charge in [-0.05, 0) is 12.1 Å². The van der Waals surface area contributed by atoms with Crippen LogP contribution >= 0.6 is 0 Å². The van der Waals surface area contributed by atoms with Crippen LogP contribution in [-0.2, 0) is 0 Å². The van der Waals surface area contributed by atoms with Crippen molar-refractivity contribution in [3.8, 4) is 11.5 Å². The van der Waals surface area contributed by atoms with E-state index < -0.39 is 11.5 Å². The molecule has 0 amide bonds. The summed E-state index contributed by atoms with van der Waals surface area (Å²) in [6.07, 6.45) is 2.38. The summed E-state index contributed by atoms with van der Waals surface area (Å²) in [5, 5.41) is 22.9. The van der Waals surface area contributed by atoms with Crippen LogP contribution in [0.1, 0.15) is 10.4 Å². The zero-order valence-electron chi connectivity index (χ0n) is 9.94. The summed E-state index contributed by atoms with van der Waals surface area (Å²) >= 11 is 0. The number of aromatic nitrogens is 4. The Labute approximate surface area is 110 Å². The molecule has 3 N–H and O–H groups in total. The molecule has 0 saturated carbocycles.